The third-order valence-electron chi connectivity index (χ3n) is 3.68. The summed E-state index contributed by atoms with van der Waals surface area (Å²) in [5, 5.41) is 2.88. The summed E-state index contributed by atoms with van der Waals surface area (Å²) in [6.07, 6.45) is 1.93. The number of allylic oxidation sites excluding steroid dienone is 2. The predicted octanol–water partition coefficient (Wildman–Crippen LogP) is 2.91. The van der Waals surface area contributed by atoms with Gasteiger partial charge in [-0.1, -0.05) is 12.1 Å². The molecule has 0 fully saturated rings. The standard InChI is InChI=1S/C16H19FN2O/c1-10(13-5-7-14(17)8-6-13)9-15-11(2)16(20)18-12(3)19(15)4/h5-9,12H,1-4H3,(H,18,20)/b10-9+. The maximum Gasteiger partial charge on any atom is 0.250 e. The average molecular weight is 274 g/mol. The number of benzene rings is 1. The molecule has 1 atom stereocenters. The van der Waals surface area contributed by atoms with Gasteiger partial charge in [0, 0.05) is 18.3 Å². The lowest BCUT2D eigenvalue weighted by Crippen LogP contribution is -2.48. The molecule has 0 aliphatic carbocycles. The minimum absolute atomic E-state index is 0.0431. The van der Waals surface area contributed by atoms with E-state index in [1.165, 1.54) is 12.1 Å². The van der Waals surface area contributed by atoms with Crippen LogP contribution < -0.4 is 5.32 Å². The Morgan fingerprint density at radius 3 is 2.55 bits per heavy atom. The highest BCUT2D eigenvalue weighted by molar-refractivity contribution is 5.95. The van der Waals surface area contributed by atoms with E-state index in [1.807, 2.05) is 38.8 Å². The van der Waals surface area contributed by atoms with Crippen LogP contribution >= 0.6 is 0 Å². The molecule has 1 unspecified atom stereocenters. The molecule has 1 aliphatic rings. The molecular formula is C16H19FN2O. The van der Waals surface area contributed by atoms with Crippen LogP contribution in [0.2, 0.25) is 0 Å². The number of rotatable bonds is 2. The fourth-order valence-corrected chi connectivity index (χ4v) is 2.20. The summed E-state index contributed by atoms with van der Waals surface area (Å²) in [5.41, 5.74) is 3.52. The van der Waals surface area contributed by atoms with Crippen molar-refractivity contribution < 1.29 is 9.18 Å². The third-order valence-corrected chi connectivity index (χ3v) is 3.68. The summed E-state index contributed by atoms with van der Waals surface area (Å²) >= 11 is 0. The van der Waals surface area contributed by atoms with E-state index in [4.69, 9.17) is 0 Å². The number of nitrogens with one attached hydrogen (secondary N) is 1. The molecule has 1 aromatic carbocycles. The first-order chi connectivity index (χ1) is 9.40. The molecule has 0 radical (unpaired) electrons. The monoisotopic (exact) mass is 274 g/mol. The van der Waals surface area contributed by atoms with Crippen molar-refractivity contribution in [1.82, 2.24) is 10.2 Å². The van der Waals surface area contributed by atoms with Crippen molar-refractivity contribution in [3.8, 4) is 0 Å². The van der Waals surface area contributed by atoms with Crippen molar-refractivity contribution in [2.45, 2.75) is 26.9 Å². The minimum atomic E-state index is -0.250. The Balaban J connectivity index is 2.39. The number of hydrogen-bond donors (Lipinski definition) is 1. The topological polar surface area (TPSA) is 32.3 Å². The molecule has 3 nitrogen and oxygen atoms in total. The van der Waals surface area contributed by atoms with Gasteiger partial charge in [0.2, 0.25) is 0 Å². The third kappa shape index (κ3) is 2.74. The smallest absolute Gasteiger partial charge is 0.250 e. The zero-order valence-corrected chi connectivity index (χ0v) is 12.2. The van der Waals surface area contributed by atoms with Crippen molar-refractivity contribution in [1.29, 1.82) is 0 Å². The molecular weight excluding hydrogens is 255 g/mol. The molecule has 4 heteroatoms. The van der Waals surface area contributed by atoms with E-state index < -0.39 is 0 Å². The lowest BCUT2D eigenvalue weighted by atomic mass is 10.0. The zero-order valence-electron chi connectivity index (χ0n) is 12.2. The van der Waals surface area contributed by atoms with Gasteiger partial charge in [0.05, 0.1) is 6.17 Å². The Morgan fingerprint density at radius 1 is 1.35 bits per heavy atom. The van der Waals surface area contributed by atoms with Gasteiger partial charge in [-0.05, 0) is 50.1 Å². The number of hydrogen-bond acceptors (Lipinski definition) is 2. The Hall–Kier alpha value is -2.10. The lowest BCUT2D eigenvalue weighted by Gasteiger charge is -2.34. The van der Waals surface area contributed by atoms with Gasteiger partial charge in [-0.25, -0.2) is 4.39 Å². The molecule has 106 valence electrons. The molecule has 20 heavy (non-hydrogen) atoms. The van der Waals surface area contributed by atoms with Crippen LogP contribution in [-0.4, -0.2) is 24.0 Å². The van der Waals surface area contributed by atoms with Crippen LogP contribution in [0.4, 0.5) is 4.39 Å². The molecule has 0 saturated carbocycles. The SMILES string of the molecule is CC1=C(/C=C(\C)c2ccc(F)cc2)N(C)C(C)NC1=O. The van der Waals surface area contributed by atoms with E-state index in [0.29, 0.717) is 5.57 Å². The van der Waals surface area contributed by atoms with E-state index in [9.17, 15) is 9.18 Å². The van der Waals surface area contributed by atoms with Gasteiger partial charge >= 0.3 is 0 Å². The fraction of sp³-hybridized carbons (Fsp3) is 0.312. The first-order valence-corrected chi connectivity index (χ1v) is 6.59. The number of halogens is 1. The normalized spacial score (nSPS) is 20.2. The van der Waals surface area contributed by atoms with Crippen molar-refractivity contribution in [2.75, 3.05) is 7.05 Å². The van der Waals surface area contributed by atoms with Gasteiger partial charge in [-0.3, -0.25) is 4.79 Å². The summed E-state index contributed by atoms with van der Waals surface area (Å²) in [7, 11) is 1.94. The number of carbonyl (C=O) groups is 1. The molecule has 1 amide bonds. The van der Waals surface area contributed by atoms with Crippen molar-refractivity contribution in [2.24, 2.45) is 0 Å². The first kappa shape index (κ1) is 14.3. The summed E-state index contributed by atoms with van der Waals surface area (Å²) in [6.45, 7) is 5.70. The Labute approximate surface area is 118 Å². The number of carbonyl (C=O) groups excluding carboxylic acids is 1. The predicted molar refractivity (Wildman–Crippen MR) is 78.1 cm³/mol. The molecule has 1 heterocycles. The number of amides is 1. The quantitative estimate of drug-likeness (QED) is 0.899. The Bertz CT molecular complexity index is 587. The average Bonchev–Trinajstić information content (AvgIpc) is 2.42. The Kier molecular flexibility index (Phi) is 3.93. The van der Waals surface area contributed by atoms with Crippen LogP contribution in [0.15, 0.2) is 41.6 Å². The second kappa shape index (κ2) is 5.49. The molecule has 1 aromatic rings. The molecule has 0 spiro atoms. The molecule has 2 rings (SSSR count). The maximum atomic E-state index is 12.9. The zero-order chi connectivity index (χ0) is 14.9. The highest BCUT2D eigenvalue weighted by Gasteiger charge is 2.24. The van der Waals surface area contributed by atoms with Crippen molar-refractivity contribution in [3.05, 3.63) is 53.0 Å². The molecule has 1 aliphatic heterocycles. The highest BCUT2D eigenvalue weighted by Crippen LogP contribution is 2.23. The van der Waals surface area contributed by atoms with Gasteiger partial charge in [-0.2, -0.15) is 0 Å². The van der Waals surface area contributed by atoms with Crippen LogP contribution in [0.25, 0.3) is 5.57 Å². The second-order valence-corrected chi connectivity index (χ2v) is 5.10. The van der Waals surface area contributed by atoms with E-state index in [1.54, 1.807) is 12.1 Å². The number of nitrogens with zero attached hydrogens (tertiary/aromatic N) is 1. The lowest BCUT2D eigenvalue weighted by molar-refractivity contribution is -0.119. The summed E-state index contributed by atoms with van der Waals surface area (Å²) in [6, 6.07) is 6.36. The molecule has 0 saturated heterocycles. The molecule has 1 N–H and O–H groups in total. The van der Waals surface area contributed by atoms with Gasteiger partial charge < -0.3 is 10.2 Å². The molecule has 0 aromatic heterocycles. The number of likely N-dealkylation sites (N-methyl/N-ethyl adjacent to an activating group) is 1. The van der Waals surface area contributed by atoms with Crippen LogP contribution in [0, 0.1) is 5.82 Å². The van der Waals surface area contributed by atoms with E-state index >= 15 is 0 Å². The summed E-state index contributed by atoms with van der Waals surface area (Å²) < 4.78 is 12.9. The van der Waals surface area contributed by atoms with Crippen LogP contribution in [0.3, 0.4) is 0 Å². The Morgan fingerprint density at radius 2 is 1.95 bits per heavy atom. The van der Waals surface area contributed by atoms with Gasteiger partial charge in [0.15, 0.2) is 0 Å². The largest absolute Gasteiger partial charge is 0.354 e. The second-order valence-electron chi connectivity index (χ2n) is 5.10. The van der Waals surface area contributed by atoms with Gasteiger partial charge in [0.1, 0.15) is 5.82 Å². The van der Waals surface area contributed by atoms with Gasteiger partial charge in [0.25, 0.3) is 5.91 Å². The summed E-state index contributed by atoms with van der Waals surface area (Å²) in [4.78, 5) is 13.9. The van der Waals surface area contributed by atoms with Crippen LogP contribution in [-0.2, 0) is 4.79 Å². The van der Waals surface area contributed by atoms with Crippen molar-refractivity contribution >= 4 is 11.5 Å². The van der Waals surface area contributed by atoms with E-state index in [-0.39, 0.29) is 17.9 Å². The molecule has 0 bridgehead atoms. The highest BCUT2D eigenvalue weighted by atomic mass is 19.1. The summed E-state index contributed by atoms with van der Waals surface area (Å²) in [5.74, 6) is -0.298. The van der Waals surface area contributed by atoms with Crippen LogP contribution in [0.1, 0.15) is 26.3 Å². The van der Waals surface area contributed by atoms with Crippen LogP contribution in [0.5, 0.6) is 0 Å². The van der Waals surface area contributed by atoms with Crippen molar-refractivity contribution in [3.63, 3.8) is 0 Å². The van der Waals surface area contributed by atoms with E-state index in [2.05, 4.69) is 5.32 Å². The maximum absolute atomic E-state index is 12.9. The minimum Gasteiger partial charge on any atom is -0.354 e. The fourth-order valence-electron chi connectivity index (χ4n) is 2.20. The first-order valence-electron chi connectivity index (χ1n) is 6.59. The van der Waals surface area contributed by atoms with E-state index in [0.717, 1.165) is 16.8 Å². The van der Waals surface area contributed by atoms with Gasteiger partial charge in [-0.15, -0.1) is 0 Å².